The summed E-state index contributed by atoms with van der Waals surface area (Å²) in [5.74, 6) is -1.13. The minimum Gasteiger partial charge on any atom is -0.481 e. The number of carboxylic acids is 1. The van der Waals surface area contributed by atoms with Crippen molar-refractivity contribution >= 4 is 23.7 Å². The maximum Gasteiger partial charge on any atom is 0.303 e. The van der Waals surface area contributed by atoms with E-state index in [9.17, 15) is 14.4 Å². The lowest BCUT2D eigenvalue weighted by Crippen LogP contribution is -2.44. The molecule has 0 saturated heterocycles. The average Bonchev–Trinajstić information content (AvgIpc) is 2.60. The van der Waals surface area contributed by atoms with Crippen molar-refractivity contribution in [3.05, 3.63) is 0 Å². The molecule has 0 aromatic heterocycles. The summed E-state index contributed by atoms with van der Waals surface area (Å²) < 4.78 is 0. The van der Waals surface area contributed by atoms with Gasteiger partial charge in [0.15, 0.2) is 5.96 Å². The molecule has 0 fully saturated rings. The molecule has 0 aliphatic heterocycles. The van der Waals surface area contributed by atoms with Crippen LogP contribution < -0.4 is 22.1 Å². The van der Waals surface area contributed by atoms with Crippen LogP contribution in [-0.2, 0) is 14.4 Å². The fraction of sp³-hybridized carbons (Fsp3) is 0.800. The van der Waals surface area contributed by atoms with Gasteiger partial charge in [0.25, 0.3) is 0 Å². The molecule has 2 amide bonds. The van der Waals surface area contributed by atoms with Crippen LogP contribution in [-0.4, -0.2) is 65.6 Å². The van der Waals surface area contributed by atoms with Gasteiger partial charge in [-0.1, -0.05) is 6.92 Å². The number of aliphatic imine (C=N–C) groups is 1. The van der Waals surface area contributed by atoms with Crippen LogP contribution in [0.25, 0.3) is 0 Å². The van der Waals surface area contributed by atoms with Crippen molar-refractivity contribution in [2.45, 2.75) is 71.8 Å². The van der Waals surface area contributed by atoms with E-state index in [0.717, 1.165) is 19.4 Å². The Morgan fingerprint density at radius 2 is 1.67 bits per heavy atom. The Hall–Kier alpha value is -2.36. The molecule has 10 heteroatoms. The number of hydrogen-bond donors (Lipinski definition) is 5. The lowest BCUT2D eigenvalue weighted by molar-refractivity contribution is -0.137. The molecule has 0 radical (unpaired) electrons. The lowest BCUT2D eigenvalue weighted by Gasteiger charge is -2.35. The highest BCUT2D eigenvalue weighted by atomic mass is 16.4. The molecular weight excluding hydrogens is 388 g/mol. The van der Waals surface area contributed by atoms with Crippen LogP contribution in [0.3, 0.4) is 0 Å². The van der Waals surface area contributed by atoms with Crippen LogP contribution in [0.2, 0.25) is 0 Å². The molecule has 7 N–H and O–H groups in total. The van der Waals surface area contributed by atoms with E-state index in [4.69, 9.17) is 16.6 Å². The summed E-state index contributed by atoms with van der Waals surface area (Å²) in [5, 5.41) is 14.0. The zero-order valence-corrected chi connectivity index (χ0v) is 18.9. The third-order valence-electron chi connectivity index (χ3n) is 4.64. The Bertz CT molecular complexity index is 570. The number of hydrogen-bond acceptors (Lipinski definition) is 5. The van der Waals surface area contributed by atoms with Gasteiger partial charge in [0.2, 0.25) is 11.8 Å². The summed E-state index contributed by atoms with van der Waals surface area (Å²) in [6.45, 7) is 10.2. The second-order valence-corrected chi connectivity index (χ2v) is 8.54. The molecular formula is C20H40N6O4. The summed E-state index contributed by atoms with van der Waals surface area (Å²) in [5.41, 5.74) is 10.6. The first-order valence-corrected chi connectivity index (χ1v) is 10.5. The third kappa shape index (κ3) is 15.5. The summed E-state index contributed by atoms with van der Waals surface area (Å²) >= 11 is 0. The van der Waals surface area contributed by atoms with Gasteiger partial charge in [-0.05, 0) is 52.5 Å². The number of rotatable bonds is 15. The first kappa shape index (κ1) is 27.6. The molecule has 30 heavy (non-hydrogen) atoms. The van der Waals surface area contributed by atoms with E-state index in [1.165, 1.54) is 0 Å². The topological polar surface area (TPSA) is 163 Å². The normalized spacial score (nSPS) is 12.3. The minimum atomic E-state index is -0.868. The number of carbonyl (C=O) groups is 3. The average molecular weight is 429 g/mol. The molecule has 0 rings (SSSR count). The second-order valence-electron chi connectivity index (χ2n) is 8.54. The fourth-order valence-corrected chi connectivity index (χ4v) is 2.83. The quantitative estimate of drug-likeness (QED) is 0.110. The number of nitrogens with zero attached hydrogens (tertiary/aromatic N) is 2. The van der Waals surface area contributed by atoms with Gasteiger partial charge >= 0.3 is 5.97 Å². The summed E-state index contributed by atoms with van der Waals surface area (Å²) in [6, 6.07) is 0. The number of aliphatic carboxylic acids is 1. The van der Waals surface area contributed by atoms with Gasteiger partial charge in [-0.2, -0.15) is 0 Å². The zero-order chi connectivity index (χ0) is 23.2. The summed E-state index contributed by atoms with van der Waals surface area (Å²) in [7, 11) is 0. The maximum absolute atomic E-state index is 12.1. The van der Waals surface area contributed by atoms with E-state index in [2.05, 4.69) is 41.3 Å². The molecule has 0 spiro atoms. The van der Waals surface area contributed by atoms with Gasteiger partial charge in [-0.25, -0.2) is 0 Å². The standard InChI is InChI=1S/C20H40N6O4/c1-15(7-8-18(29)30)13-17(28)25-14-24-16(27)9-12-26(20(2,3)4)11-6-5-10-23-19(21)22/h15H,5-14H2,1-4H3,(H,24,27)(H,25,28)(H,29,30)(H4,21,22,23). The van der Waals surface area contributed by atoms with E-state index in [0.29, 0.717) is 25.9 Å². The predicted molar refractivity (Wildman–Crippen MR) is 118 cm³/mol. The van der Waals surface area contributed by atoms with Gasteiger partial charge in [-0.15, -0.1) is 0 Å². The molecule has 0 aliphatic carbocycles. The minimum absolute atomic E-state index is 0.0240. The number of unbranched alkanes of at least 4 members (excludes halogenated alkanes) is 1. The lowest BCUT2D eigenvalue weighted by atomic mass is 10.0. The Morgan fingerprint density at radius 1 is 1.03 bits per heavy atom. The van der Waals surface area contributed by atoms with Gasteiger partial charge in [-0.3, -0.25) is 24.3 Å². The van der Waals surface area contributed by atoms with Gasteiger partial charge in [0.05, 0.1) is 6.67 Å². The smallest absolute Gasteiger partial charge is 0.303 e. The van der Waals surface area contributed by atoms with E-state index < -0.39 is 5.97 Å². The predicted octanol–water partition coefficient (Wildman–Crippen LogP) is 0.612. The Morgan fingerprint density at radius 3 is 2.23 bits per heavy atom. The summed E-state index contributed by atoms with van der Waals surface area (Å²) in [6.07, 6.45) is 2.85. The molecule has 0 aromatic rings. The van der Waals surface area contributed by atoms with E-state index in [1.54, 1.807) is 0 Å². The van der Waals surface area contributed by atoms with Gasteiger partial charge in [0, 0.05) is 37.9 Å². The van der Waals surface area contributed by atoms with E-state index in [1.807, 2.05) is 6.92 Å². The summed E-state index contributed by atoms with van der Waals surface area (Å²) in [4.78, 5) is 40.7. The van der Waals surface area contributed by atoms with Crippen LogP contribution in [0.4, 0.5) is 0 Å². The van der Waals surface area contributed by atoms with Crippen molar-refractivity contribution in [2.75, 3.05) is 26.3 Å². The van der Waals surface area contributed by atoms with Gasteiger partial charge in [0.1, 0.15) is 0 Å². The third-order valence-corrected chi connectivity index (χ3v) is 4.64. The second kappa shape index (κ2) is 14.6. The van der Waals surface area contributed by atoms with Crippen molar-refractivity contribution < 1.29 is 19.5 Å². The Labute approximate surface area is 179 Å². The molecule has 1 unspecified atom stereocenters. The molecule has 0 heterocycles. The molecule has 10 nitrogen and oxygen atoms in total. The largest absolute Gasteiger partial charge is 0.481 e. The monoisotopic (exact) mass is 428 g/mol. The molecule has 0 bridgehead atoms. The van der Waals surface area contributed by atoms with Crippen LogP contribution in [0.5, 0.6) is 0 Å². The highest BCUT2D eigenvalue weighted by Gasteiger charge is 2.21. The number of guanidine groups is 1. The molecule has 1 atom stereocenters. The molecule has 0 aliphatic rings. The van der Waals surface area contributed by atoms with Crippen LogP contribution in [0.15, 0.2) is 4.99 Å². The van der Waals surface area contributed by atoms with E-state index in [-0.39, 0.29) is 48.7 Å². The maximum atomic E-state index is 12.1. The first-order valence-electron chi connectivity index (χ1n) is 10.5. The molecule has 0 aromatic carbocycles. The van der Waals surface area contributed by atoms with Crippen LogP contribution >= 0.6 is 0 Å². The first-order chi connectivity index (χ1) is 13.9. The van der Waals surface area contributed by atoms with Crippen molar-refractivity contribution in [1.82, 2.24) is 15.5 Å². The molecule has 174 valence electrons. The van der Waals surface area contributed by atoms with Crippen molar-refractivity contribution in [3.8, 4) is 0 Å². The van der Waals surface area contributed by atoms with Gasteiger partial charge < -0.3 is 27.2 Å². The van der Waals surface area contributed by atoms with Crippen molar-refractivity contribution in [1.29, 1.82) is 0 Å². The number of nitrogens with one attached hydrogen (secondary N) is 2. The SMILES string of the molecule is CC(CCC(=O)O)CC(=O)NCNC(=O)CCN(CCCCN=C(N)N)C(C)(C)C. The van der Waals surface area contributed by atoms with Crippen LogP contribution in [0.1, 0.15) is 66.2 Å². The number of carbonyl (C=O) groups excluding carboxylic acids is 2. The van der Waals surface area contributed by atoms with Crippen molar-refractivity contribution in [2.24, 2.45) is 22.4 Å². The highest BCUT2D eigenvalue weighted by Crippen LogP contribution is 2.15. The number of amides is 2. The highest BCUT2D eigenvalue weighted by molar-refractivity contribution is 5.78. The molecule has 0 saturated carbocycles. The van der Waals surface area contributed by atoms with Crippen molar-refractivity contribution in [3.63, 3.8) is 0 Å². The number of carboxylic acid groups (broad SMARTS) is 1. The zero-order valence-electron chi connectivity index (χ0n) is 18.9. The number of nitrogens with two attached hydrogens (primary N) is 2. The van der Waals surface area contributed by atoms with E-state index >= 15 is 0 Å². The fourth-order valence-electron chi connectivity index (χ4n) is 2.83. The van der Waals surface area contributed by atoms with Crippen LogP contribution in [0, 0.1) is 5.92 Å². The Balaban J connectivity index is 4.14. The Kier molecular flexibility index (Phi) is 13.4.